The van der Waals surface area contributed by atoms with Gasteiger partial charge in [-0.3, -0.25) is 9.69 Å². The van der Waals surface area contributed by atoms with Crippen LogP contribution in [0.25, 0.3) is 0 Å². The largest absolute Gasteiger partial charge is 0.504 e. The van der Waals surface area contributed by atoms with Gasteiger partial charge in [-0.25, -0.2) is 0 Å². The third-order valence-corrected chi connectivity index (χ3v) is 11.7. The lowest BCUT2D eigenvalue weighted by atomic mass is 9.33. The first-order valence-corrected chi connectivity index (χ1v) is 13.5. The van der Waals surface area contributed by atoms with Gasteiger partial charge in [0.1, 0.15) is 11.7 Å². The zero-order valence-electron chi connectivity index (χ0n) is 21.7. The van der Waals surface area contributed by atoms with E-state index in [0.717, 1.165) is 49.9 Å². The van der Waals surface area contributed by atoms with Crippen molar-refractivity contribution in [2.45, 2.75) is 95.0 Å². The summed E-state index contributed by atoms with van der Waals surface area (Å²) in [5, 5.41) is 23.1. The van der Waals surface area contributed by atoms with Crippen LogP contribution in [-0.4, -0.2) is 64.4 Å². The Hall–Kier alpha value is -1.63. The molecule has 6 heteroatoms. The molecule has 8 rings (SSSR count). The number of benzene rings is 1. The number of ketones is 1. The molecule has 1 unspecified atom stereocenters. The number of carbonyl (C=O) groups excluding carboxylic acids is 1. The molecule has 1 aromatic rings. The third-order valence-electron chi connectivity index (χ3n) is 11.7. The molecular formula is C29H39NO5. The van der Waals surface area contributed by atoms with Gasteiger partial charge >= 0.3 is 0 Å². The van der Waals surface area contributed by atoms with Crippen LogP contribution in [0.4, 0.5) is 0 Å². The Morgan fingerprint density at radius 3 is 2.57 bits per heavy atom. The second kappa shape index (κ2) is 6.43. The van der Waals surface area contributed by atoms with Crippen LogP contribution in [0.2, 0.25) is 0 Å². The average molecular weight is 482 g/mol. The highest BCUT2D eigenvalue weighted by molar-refractivity contribution is 6.06. The van der Waals surface area contributed by atoms with Crippen LogP contribution in [0.1, 0.15) is 82.1 Å². The molecule has 6 nitrogen and oxygen atoms in total. The van der Waals surface area contributed by atoms with Crippen molar-refractivity contribution in [3.8, 4) is 11.5 Å². The van der Waals surface area contributed by atoms with E-state index >= 15 is 0 Å². The number of nitrogens with zero attached hydrogens (tertiary/aromatic N) is 1. The normalized spacial score (nSPS) is 43.0. The molecule has 0 amide bonds. The highest BCUT2D eigenvalue weighted by atomic mass is 16.6. The number of carbonyl (C=O) groups is 1. The lowest BCUT2D eigenvalue weighted by molar-refractivity contribution is -0.307. The number of methoxy groups -OCH3 is 1. The number of piperidine rings is 1. The number of phenolic OH excluding ortho intramolecular Hbond substituents is 1. The molecule has 5 aliphatic carbocycles. The molecule has 2 N–H and O–H groups in total. The van der Waals surface area contributed by atoms with Crippen molar-refractivity contribution in [3.05, 3.63) is 23.3 Å². The Labute approximate surface area is 208 Å². The molecular weight excluding hydrogens is 442 g/mol. The number of aliphatic hydroxyl groups is 1. The monoisotopic (exact) mass is 481 g/mol. The third kappa shape index (κ3) is 2.32. The number of rotatable bonds is 4. The molecule has 5 fully saturated rings. The lowest BCUT2D eigenvalue weighted by Crippen LogP contribution is -2.84. The average Bonchev–Trinajstić information content (AvgIpc) is 3.54. The summed E-state index contributed by atoms with van der Waals surface area (Å²) < 4.78 is 13.3. The van der Waals surface area contributed by atoms with E-state index < -0.39 is 11.2 Å². The first-order chi connectivity index (χ1) is 16.4. The fourth-order valence-electron chi connectivity index (χ4n) is 9.40. The molecule has 2 heterocycles. The molecule has 7 aliphatic rings. The molecule has 0 aromatic heterocycles. The summed E-state index contributed by atoms with van der Waals surface area (Å²) in [6.45, 7) is 10.1. The zero-order chi connectivity index (χ0) is 24.8. The lowest BCUT2D eigenvalue weighted by Gasteiger charge is -2.75. The predicted octanol–water partition coefficient (Wildman–Crippen LogP) is 4.05. The van der Waals surface area contributed by atoms with Crippen molar-refractivity contribution < 1.29 is 24.5 Å². The number of ether oxygens (including phenoxy) is 2. The zero-order valence-corrected chi connectivity index (χ0v) is 21.7. The summed E-state index contributed by atoms with van der Waals surface area (Å²) in [6, 6.07) is 3.25. The van der Waals surface area contributed by atoms with Crippen LogP contribution in [-0.2, 0) is 10.2 Å². The van der Waals surface area contributed by atoms with Crippen molar-refractivity contribution in [1.29, 1.82) is 0 Å². The van der Waals surface area contributed by atoms with Gasteiger partial charge < -0.3 is 19.7 Å². The molecule has 4 saturated carbocycles. The fraction of sp³-hybridized carbons (Fsp3) is 0.759. The first kappa shape index (κ1) is 22.6. The van der Waals surface area contributed by atoms with Gasteiger partial charge in [-0.15, -0.1) is 0 Å². The van der Waals surface area contributed by atoms with Crippen molar-refractivity contribution in [2.75, 3.05) is 20.2 Å². The van der Waals surface area contributed by atoms with Crippen LogP contribution in [0.3, 0.4) is 0 Å². The van der Waals surface area contributed by atoms with Gasteiger partial charge in [-0.2, -0.15) is 0 Å². The standard InChI is InChI=1S/C29H39NO5/c1-25(2,3)26(4,33)19-14-27-10-11-29(19,34-5)24-28(27)12-13-30(15-16-6-7-16)23(27)21(32)17-8-9-18(31)22(35-24)20(17)28/h8-9,16,19,23-24,31,33H,6-7,10-15H2,1-5H3/t19-,23-,24-,26?,27-,28+,29-/m1/s1. The fourth-order valence-corrected chi connectivity index (χ4v) is 9.40. The minimum atomic E-state index is -1.03. The minimum absolute atomic E-state index is 0.110. The molecule has 0 radical (unpaired) electrons. The number of aromatic hydroxyl groups is 1. The topological polar surface area (TPSA) is 79.2 Å². The molecule has 35 heavy (non-hydrogen) atoms. The van der Waals surface area contributed by atoms with Crippen molar-refractivity contribution in [3.63, 3.8) is 0 Å². The van der Waals surface area contributed by atoms with Gasteiger partial charge in [0.2, 0.25) is 0 Å². The summed E-state index contributed by atoms with van der Waals surface area (Å²) in [6.07, 6.45) is 5.43. The van der Waals surface area contributed by atoms with Gasteiger partial charge in [-0.1, -0.05) is 20.8 Å². The number of hydrogen-bond acceptors (Lipinski definition) is 6. The Morgan fingerprint density at radius 2 is 1.91 bits per heavy atom. The Morgan fingerprint density at radius 1 is 1.17 bits per heavy atom. The van der Waals surface area contributed by atoms with E-state index in [-0.39, 0.29) is 45.8 Å². The number of hydrogen-bond donors (Lipinski definition) is 2. The quantitative estimate of drug-likeness (QED) is 0.675. The van der Waals surface area contributed by atoms with Crippen LogP contribution in [0, 0.1) is 22.7 Å². The van der Waals surface area contributed by atoms with Crippen molar-refractivity contribution in [2.24, 2.45) is 22.7 Å². The first-order valence-electron chi connectivity index (χ1n) is 13.5. The molecule has 2 aliphatic heterocycles. The second-order valence-electron chi connectivity index (χ2n) is 13.7. The van der Waals surface area contributed by atoms with Gasteiger partial charge in [0, 0.05) is 41.5 Å². The van der Waals surface area contributed by atoms with Crippen LogP contribution in [0.5, 0.6) is 11.5 Å². The van der Waals surface area contributed by atoms with Gasteiger partial charge in [0.05, 0.1) is 11.6 Å². The Bertz CT molecular complexity index is 1130. The molecule has 2 spiro atoms. The molecule has 190 valence electrons. The van der Waals surface area contributed by atoms with Gasteiger partial charge in [-0.05, 0) is 75.5 Å². The predicted molar refractivity (Wildman–Crippen MR) is 131 cm³/mol. The SMILES string of the molecule is CO[C@]12CC[C@@]3(C[C@@H]1C(C)(O)C(C)(C)C)[C@H]1C(=O)c4ccc(O)c5c4[C@@]3(CCN1CC1CC1)[C@H]2O5. The number of phenols is 1. The number of likely N-dealkylation sites (tertiary alicyclic amines) is 1. The summed E-state index contributed by atoms with van der Waals surface area (Å²) in [7, 11) is 1.77. The maximum absolute atomic E-state index is 14.4. The Balaban J connectivity index is 1.51. The smallest absolute Gasteiger partial charge is 0.180 e. The van der Waals surface area contributed by atoms with Gasteiger partial charge in [0.15, 0.2) is 17.3 Å². The maximum Gasteiger partial charge on any atom is 0.180 e. The Kier molecular flexibility index (Phi) is 4.15. The minimum Gasteiger partial charge on any atom is -0.504 e. The summed E-state index contributed by atoms with van der Waals surface area (Å²) in [4.78, 5) is 16.9. The van der Waals surface area contributed by atoms with E-state index in [4.69, 9.17) is 9.47 Å². The van der Waals surface area contributed by atoms with E-state index in [1.54, 1.807) is 13.2 Å². The summed E-state index contributed by atoms with van der Waals surface area (Å²) >= 11 is 0. The van der Waals surface area contributed by atoms with E-state index in [1.165, 1.54) is 12.8 Å². The molecule has 4 bridgehead atoms. The molecule has 7 atom stereocenters. The van der Waals surface area contributed by atoms with Crippen molar-refractivity contribution >= 4 is 5.78 Å². The summed E-state index contributed by atoms with van der Waals surface area (Å²) in [5.74, 6) is 1.28. The number of fused-ring (bicyclic) bond motifs is 2. The van der Waals surface area contributed by atoms with Crippen LogP contribution < -0.4 is 4.74 Å². The van der Waals surface area contributed by atoms with E-state index in [1.807, 2.05) is 13.0 Å². The number of Topliss-reactive ketones (excluding diaryl/α,β-unsaturated/α-hetero) is 1. The van der Waals surface area contributed by atoms with E-state index in [0.29, 0.717) is 11.7 Å². The highest BCUT2D eigenvalue weighted by Gasteiger charge is 2.83. The van der Waals surface area contributed by atoms with Crippen molar-refractivity contribution in [1.82, 2.24) is 4.90 Å². The second-order valence-corrected chi connectivity index (χ2v) is 13.7. The van der Waals surface area contributed by atoms with E-state index in [9.17, 15) is 15.0 Å². The van der Waals surface area contributed by atoms with Gasteiger partial charge in [0.25, 0.3) is 0 Å². The van der Waals surface area contributed by atoms with Crippen LogP contribution in [0.15, 0.2) is 12.1 Å². The highest BCUT2D eigenvalue weighted by Crippen LogP contribution is 2.78. The van der Waals surface area contributed by atoms with Crippen LogP contribution >= 0.6 is 0 Å². The molecule has 1 aromatic carbocycles. The molecule has 1 saturated heterocycles. The maximum atomic E-state index is 14.4. The summed E-state index contributed by atoms with van der Waals surface area (Å²) in [5.41, 5.74) is -1.16. The van der Waals surface area contributed by atoms with E-state index in [2.05, 4.69) is 25.7 Å².